The van der Waals surface area contributed by atoms with E-state index in [4.69, 9.17) is 14.2 Å². The maximum Gasteiger partial charge on any atom is 0.305 e. The first kappa shape index (κ1) is 37.7. The fourth-order valence-electron chi connectivity index (χ4n) is 6.19. The van der Waals surface area contributed by atoms with Crippen molar-refractivity contribution < 1.29 is 23.6 Å². The van der Waals surface area contributed by atoms with Gasteiger partial charge in [0.15, 0.2) is 18.2 Å². The summed E-state index contributed by atoms with van der Waals surface area (Å²) in [6, 6.07) is 6.24. The number of nitrogens with zero attached hydrogens (tertiary/aromatic N) is 1. The van der Waals surface area contributed by atoms with Crippen LogP contribution in [0.1, 0.15) is 174 Å². The van der Waals surface area contributed by atoms with E-state index in [1.165, 1.54) is 128 Å². The van der Waals surface area contributed by atoms with Gasteiger partial charge in [-0.1, -0.05) is 135 Å². The number of aryl methyl sites for hydroxylation is 1. The van der Waals surface area contributed by atoms with Crippen LogP contribution in [0.15, 0.2) is 30.6 Å². The van der Waals surface area contributed by atoms with Crippen molar-refractivity contribution in [2.45, 2.75) is 193 Å². The molecule has 0 amide bonds. The zero-order valence-electron chi connectivity index (χ0n) is 28.3. The predicted molar refractivity (Wildman–Crippen MR) is 178 cm³/mol. The Labute approximate surface area is 265 Å². The minimum Gasteiger partial charge on any atom is -0.463 e. The van der Waals surface area contributed by atoms with Crippen LogP contribution in [0, 0.1) is 0 Å². The molecule has 248 valence electrons. The number of carbonyl (C=O) groups is 1. The molecule has 5 nitrogen and oxygen atoms in total. The van der Waals surface area contributed by atoms with Crippen LogP contribution in [-0.4, -0.2) is 31.1 Å². The number of hydrogen-bond acceptors (Lipinski definition) is 4. The van der Waals surface area contributed by atoms with Crippen LogP contribution in [-0.2, 0) is 25.5 Å². The van der Waals surface area contributed by atoms with Gasteiger partial charge < -0.3 is 14.2 Å². The molecule has 0 radical (unpaired) electrons. The summed E-state index contributed by atoms with van der Waals surface area (Å²) in [5.74, 6) is -0.619. The second-order valence-electron chi connectivity index (χ2n) is 13.3. The maximum atomic E-state index is 12.2. The summed E-state index contributed by atoms with van der Waals surface area (Å²) in [6.45, 7) is 6.27. The molecule has 1 aliphatic heterocycles. The Balaban J connectivity index is 1.32. The lowest BCUT2D eigenvalue weighted by Crippen LogP contribution is -2.32. The van der Waals surface area contributed by atoms with Gasteiger partial charge in [-0.3, -0.25) is 4.79 Å². The zero-order valence-corrected chi connectivity index (χ0v) is 28.3. The van der Waals surface area contributed by atoms with E-state index in [9.17, 15) is 4.79 Å². The molecular weight excluding hydrogens is 534 g/mol. The van der Waals surface area contributed by atoms with E-state index in [-0.39, 0.29) is 12.1 Å². The summed E-state index contributed by atoms with van der Waals surface area (Å²) >= 11 is 0. The fourth-order valence-corrected chi connectivity index (χ4v) is 6.19. The summed E-state index contributed by atoms with van der Waals surface area (Å²) < 4.78 is 19.9. The van der Waals surface area contributed by atoms with Crippen LogP contribution < -0.4 is 4.57 Å². The van der Waals surface area contributed by atoms with Gasteiger partial charge in [0.25, 0.3) is 0 Å². The smallest absolute Gasteiger partial charge is 0.305 e. The van der Waals surface area contributed by atoms with Crippen LogP contribution >= 0.6 is 0 Å². The summed E-state index contributed by atoms with van der Waals surface area (Å²) in [5.41, 5.74) is 0. The molecule has 0 bridgehead atoms. The first-order chi connectivity index (χ1) is 21.1. The lowest BCUT2D eigenvalue weighted by Gasteiger charge is -2.23. The van der Waals surface area contributed by atoms with Crippen LogP contribution in [0.5, 0.6) is 0 Å². The van der Waals surface area contributed by atoms with E-state index in [0.29, 0.717) is 19.6 Å². The highest BCUT2D eigenvalue weighted by Crippen LogP contribution is 2.29. The normalized spacial score (nSPS) is 18.3. The first-order valence-corrected chi connectivity index (χ1v) is 18.5. The van der Waals surface area contributed by atoms with Crippen molar-refractivity contribution in [2.75, 3.05) is 13.2 Å². The van der Waals surface area contributed by atoms with Gasteiger partial charge in [0.2, 0.25) is 0 Å². The third-order valence-corrected chi connectivity index (χ3v) is 8.98. The molecule has 1 fully saturated rings. The standard InChI is InChI=1S/C38H68NO4/c1-3-4-5-6-7-8-9-10-11-12-13-15-18-21-25-30-38(2)42-35-36(43-38)34-41-37(40)29-24-20-17-14-16-19-22-26-31-39-32-27-23-28-33-39/h23,27-28,32-33,36H,3-22,24-26,29-31,34-35H2,1-2H3/q+1. The highest BCUT2D eigenvalue weighted by molar-refractivity contribution is 5.69. The number of pyridine rings is 1. The molecule has 1 saturated heterocycles. The minimum absolute atomic E-state index is 0.0991. The van der Waals surface area contributed by atoms with Gasteiger partial charge in [-0.15, -0.1) is 0 Å². The lowest BCUT2D eigenvalue weighted by atomic mass is 10.0. The topological polar surface area (TPSA) is 48.6 Å². The average molecular weight is 603 g/mol. The van der Waals surface area contributed by atoms with Gasteiger partial charge in [0.1, 0.15) is 19.3 Å². The number of ether oxygens (including phenoxy) is 3. The highest BCUT2D eigenvalue weighted by atomic mass is 16.7. The molecule has 1 aliphatic rings. The first-order valence-electron chi connectivity index (χ1n) is 18.5. The third-order valence-electron chi connectivity index (χ3n) is 8.98. The van der Waals surface area contributed by atoms with Gasteiger partial charge in [0, 0.05) is 31.4 Å². The van der Waals surface area contributed by atoms with Crippen molar-refractivity contribution >= 4 is 5.97 Å². The number of rotatable bonds is 29. The van der Waals surface area contributed by atoms with E-state index >= 15 is 0 Å². The van der Waals surface area contributed by atoms with Crippen molar-refractivity contribution in [3.8, 4) is 0 Å². The Bertz CT molecular complexity index is 772. The van der Waals surface area contributed by atoms with Crippen LogP contribution in [0.25, 0.3) is 0 Å². The Morgan fingerprint density at radius 3 is 1.74 bits per heavy atom. The van der Waals surface area contributed by atoms with Crippen LogP contribution in [0.4, 0.5) is 0 Å². The summed E-state index contributed by atoms with van der Waals surface area (Å²) in [4.78, 5) is 12.2. The summed E-state index contributed by atoms with van der Waals surface area (Å²) in [6.07, 6.45) is 35.8. The van der Waals surface area contributed by atoms with E-state index in [0.717, 1.165) is 32.2 Å². The van der Waals surface area contributed by atoms with E-state index in [1.807, 2.05) is 6.92 Å². The lowest BCUT2D eigenvalue weighted by molar-refractivity contribution is -0.697. The molecular formula is C38H68NO4+. The SMILES string of the molecule is CCCCCCCCCCCCCCCCCC1(C)OCC(COC(=O)CCCCCCCCCC[n+]2ccccc2)O1. The largest absolute Gasteiger partial charge is 0.463 e. The minimum atomic E-state index is -0.520. The highest BCUT2D eigenvalue weighted by Gasteiger charge is 2.37. The number of carbonyl (C=O) groups excluding carboxylic acids is 1. The Morgan fingerprint density at radius 2 is 1.19 bits per heavy atom. The molecule has 2 heterocycles. The Hall–Kier alpha value is -1.46. The molecule has 0 N–H and O–H groups in total. The third kappa shape index (κ3) is 21.0. The van der Waals surface area contributed by atoms with Gasteiger partial charge in [-0.2, -0.15) is 0 Å². The van der Waals surface area contributed by atoms with Crippen molar-refractivity contribution in [3.05, 3.63) is 30.6 Å². The summed E-state index contributed by atoms with van der Waals surface area (Å²) in [5, 5.41) is 0. The molecule has 2 unspecified atom stereocenters. The molecule has 1 aromatic rings. The molecule has 0 spiro atoms. The van der Waals surface area contributed by atoms with Crippen LogP contribution in [0.2, 0.25) is 0 Å². The average Bonchev–Trinajstić information content (AvgIpc) is 3.40. The predicted octanol–water partition coefficient (Wildman–Crippen LogP) is 10.4. The molecule has 0 saturated carbocycles. The maximum absolute atomic E-state index is 12.2. The van der Waals surface area contributed by atoms with Gasteiger partial charge in [-0.25, -0.2) is 4.57 Å². The van der Waals surface area contributed by atoms with E-state index in [2.05, 4.69) is 42.1 Å². The van der Waals surface area contributed by atoms with Gasteiger partial charge in [-0.05, 0) is 26.2 Å². The van der Waals surface area contributed by atoms with E-state index in [1.54, 1.807) is 0 Å². The van der Waals surface area contributed by atoms with Crippen molar-refractivity contribution in [3.63, 3.8) is 0 Å². The fraction of sp³-hybridized carbons (Fsp3) is 0.842. The Morgan fingerprint density at radius 1 is 0.698 bits per heavy atom. The van der Waals surface area contributed by atoms with Crippen molar-refractivity contribution in [1.82, 2.24) is 0 Å². The van der Waals surface area contributed by atoms with E-state index < -0.39 is 5.79 Å². The molecule has 5 heteroatoms. The molecule has 1 aromatic heterocycles. The zero-order chi connectivity index (χ0) is 30.7. The summed E-state index contributed by atoms with van der Waals surface area (Å²) in [7, 11) is 0. The number of unbranched alkanes of at least 4 members (excludes halogenated alkanes) is 21. The molecule has 0 aliphatic carbocycles. The second-order valence-corrected chi connectivity index (χ2v) is 13.3. The van der Waals surface area contributed by atoms with Crippen molar-refractivity contribution in [2.24, 2.45) is 0 Å². The molecule has 0 aromatic carbocycles. The number of hydrogen-bond donors (Lipinski definition) is 0. The Kier molecular flexibility index (Phi) is 22.7. The molecule has 2 atom stereocenters. The number of aromatic nitrogens is 1. The second kappa shape index (κ2) is 25.8. The van der Waals surface area contributed by atoms with Crippen molar-refractivity contribution in [1.29, 1.82) is 0 Å². The monoisotopic (exact) mass is 603 g/mol. The van der Waals surface area contributed by atoms with Crippen LogP contribution in [0.3, 0.4) is 0 Å². The van der Waals surface area contributed by atoms with Gasteiger partial charge in [0.05, 0.1) is 6.61 Å². The van der Waals surface area contributed by atoms with Gasteiger partial charge >= 0.3 is 5.97 Å². The quantitative estimate of drug-likeness (QED) is 0.0520. The molecule has 2 rings (SSSR count). The molecule has 43 heavy (non-hydrogen) atoms. The number of esters is 1.